The lowest BCUT2D eigenvalue weighted by Gasteiger charge is -2.14. The van der Waals surface area contributed by atoms with Crippen LogP contribution < -0.4 is 16.4 Å². The lowest BCUT2D eigenvalue weighted by molar-refractivity contribution is -0.142. The Hall–Kier alpha value is -2.86. The second-order valence-corrected chi connectivity index (χ2v) is 5.31. The third kappa shape index (κ3) is 4.33. The van der Waals surface area contributed by atoms with Crippen molar-refractivity contribution in [3.8, 4) is 0 Å². The molecule has 0 aliphatic heterocycles. The first-order valence-corrected chi connectivity index (χ1v) is 7.55. The molecule has 6 nitrogen and oxygen atoms in total. The summed E-state index contributed by atoms with van der Waals surface area (Å²) in [4.78, 5) is 23.8. The van der Waals surface area contributed by atoms with Crippen molar-refractivity contribution < 1.29 is 14.3 Å². The second kappa shape index (κ2) is 8.12. The quantitative estimate of drug-likeness (QED) is 0.556. The Balaban J connectivity index is 2.03. The van der Waals surface area contributed by atoms with E-state index < -0.39 is 6.04 Å². The molecule has 0 aliphatic rings. The monoisotopic (exact) mass is 327 g/mol. The van der Waals surface area contributed by atoms with E-state index in [-0.39, 0.29) is 11.9 Å². The van der Waals surface area contributed by atoms with Crippen LogP contribution >= 0.6 is 0 Å². The van der Waals surface area contributed by atoms with Crippen molar-refractivity contribution >= 4 is 23.3 Å². The molecule has 0 aliphatic carbocycles. The number of likely N-dealkylation sites (N-methyl/N-ethyl adjacent to an activating group) is 1. The molecule has 0 saturated carbocycles. The number of rotatable bonds is 6. The van der Waals surface area contributed by atoms with Gasteiger partial charge in [-0.3, -0.25) is 9.59 Å². The Labute approximate surface area is 141 Å². The van der Waals surface area contributed by atoms with Gasteiger partial charge in [0.2, 0.25) is 0 Å². The summed E-state index contributed by atoms with van der Waals surface area (Å²) in [5.74, 6) is -0.571. The third-order valence-corrected chi connectivity index (χ3v) is 3.69. The summed E-state index contributed by atoms with van der Waals surface area (Å²) in [6.45, 7) is 0. The smallest absolute Gasteiger partial charge is 0.323 e. The summed E-state index contributed by atoms with van der Waals surface area (Å²) in [6, 6.07) is 13.8. The predicted molar refractivity (Wildman–Crippen MR) is 93.8 cm³/mol. The number of para-hydroxylation sites is 1. The van der Waals surface area contributed by atoms with Crippen molar-refractivity contribution in [3.05, 3.63) is 59.7 Å². The zero-order chi connectivity index (χ0) is 17.5. The number of methoxy groups -OCH3 is 1. The van der Waals surface area contributed by atoms with E-state index in [2.05, 4.69) is 10.6 Å². The maximum Gasteiger partial charge on any atom is 0.323 e. The first kappa shape index (κ1) is 17.5. The number of ether oxygens (including phenoxy) is 1. The summed E-state index contributed by atoms with van der Waals surface area (Å²) in [5.41, 5.74) is 8.28. The maximum absolute atomic E-state index is 12.2. The molecule has 24 heavy (non-hydrogen) atoms. The highest BCUT2D eigenvalue weighted by molar-refractivity contribution is 6.07. The highest BCUT2D eigenvalue weighted by atomic mass is 16.5. The SMILES string of the molecule is CNC(Cc1ccc(NC(=O)c2ccccc2N)cc1)C(=O)OC. The van der Waals surface area contributed by atoms with Gasteiger partial charge in [0, 0.05) is 11.4 Å². The van der Waals surface area contributed by atoms with Crippen LogP contribution in [-0.2, 0) is 16.0 Å². The average molecular weight is 327 g/mol. The largest absolute Gasteiger partial charge is 0.468 e. The summed E-state index contributed by atoms with van der Waals surface area (Å²) < 4.78 is 4.74. The van der Waals surface area contributed by atoms with Gasteiger partial charge in [0.25, 0.3) is 5.91 Å². The second-order valence-electron chi connectivity index (χ2n) is 5.31. The van der Waals surface area contributed by atoms with Crippen molar-refractivity contribution in [2.75, 3.05) is 25.2 Å². The first-order valence-electron chi connectivity index (χ1n) is 7.55. The summed E-state index contributed by atoms with van der Waals surface area (Å²) in [6.07, 6.45) is 0.503. The van der Waals surface area contributed by atoms with E-state index in [4.69, 9.17) is 10.5 Å². The van der Waals surface area contributed by atoms with E-state index in [1.54, 1.807) is 43.4 Å². The maximum atomic E-state index is 12.2. The van der Waals surface area contributed by atoms with E-state index in [1.165, 1.54) is 7.11 Å². The number of esters is 1. The molecule has 1 amide bonds. The number of carbonyl (C=O) groups is 2. The molecule has 0 spiro atoms. The Morgan fingerprint density at radius 1 is 1.12 bits per heavy atom. The van der Waals surface area contributed by atoms with Gasteiger partial charge in [0.1, 0.15) is 6.04 Å². The molecule has 1 unspecified atom stereocenters. The van der Waals surface area contributed by atoms with Gasteiger partial charge in [-0.15, -0.1) is 0 Å². The minimum atomic E-state index is -0.403. The molecule has 0 bridgehead atoms. The number of hydrogen-bond acceptors (Lipinski definition) is 5. The van der Waals surface area contributed by atoms with Gasteiger partial charge in [-0.25, -0.2) is 0 Å². The van der Waals surface area contributed by atoms with Crippen LogP contribution in [0.4, 0.5) is 11.4 Å². The number of hydrogen-bond donors (Lipinski definition) is 3. The van der Waals surface area contributed by atoms with E-state index in [1.807, 2.05) is 12.1 Å². The van der Waals surface area contributed by atoms with E-state index >= 15 is 0 Å². The molecule has 0 saturated heterocycles. The fourth-order valence-electron chi connectivity index (χ4n) is 2.31. The molecule has 0 fully saturated rings. The number of nitrogens with one attached hydrogen (secondary N) is 2. The number of nitrogens with two attached hydrogens (primary N) is 1. The number of anilines is 2. The minimum Gasteiger partial charge on any atom is -0.468 e. The van der Waals surface area contributed by atoms with Crippen LogP contribution in [0.15, 0.2) is 48.5 Å². The molecule has 0 radical (unpaired) electrons. The van der Waals surface area contributed by atoms with Crippen LogP contribution in [0.2, 0.25) is 0 Å². The Kier molecular flexibility index (Phi) is 5.92. The molecular formula is C18H21N3O3. The molecule has 4 N–H and O–H groups in total. The summed E-state index contributed by atoms with van der Waals surface area (Å²) >= 11 is 0. The highest BCUT2D eigenvalue weighted by Crippen LogP contribution is 2.16. The molecule has 126 valence electrons. The van der Waals surface area contributed by atoms with Crippen molar-refractivity contribution in [2.24, 2.45) is 0 Å². The molecule has 2 aromatic carbocycles. The van der Waals surface area contributed by atoms with E-state index in [9.17, 15) is 9.59 Å². The Bertz CT molecular complexity index is 714. The predicted octanol–water partition coefficient (Wildman–Crippen LogP) is 1.82. The molecule has 6 heteroatoms. The van der Waals surface area contributed by atoms with Gasteiger partial charge in [-0.05, 0) is 43.3 Å². The molecular weight excluding hydrogens is 306 g/mol. The van der Waals surface area contributed by atoms with Gasteiger partial charge in [-0.2, -0.15) is 0 Å². The Morgan fingerprint density at radius 3 is 2.38 bits per heavy atom. The van der Waals surface area contributed by atoms with E-state index in [0.717, 1.165) is 5.56 Å². The first-order chi connectivity index (χ1) is 11.5. The molecule has 0 aromatic heterocycles. The highest BCUT2D eigenvalue weighted by Gasteiger charge is 2.17. The van der Waals surface area contributed by atoms with Gasteiger partial charge in [-0.1, -0.05) is 24.3 Å². The third-order valence-electron chi connectivity index (χ3n) is 3.69. The Morgan fingerprint density at radius 2 is 1.79 bits per heavy atom. The molecule has 2 rings (SSSR count). The van der Waals surface area contributed by atoms with Crippen LogP contribution in [0, 0.1) is 0 Å². The van der Waals surface area contributed by atoms with Gasteiger partial charge in [0.05, 0.1) is 12.7 Å². The number of carbonyl (C=O) groups excluding carboxylic acids is 2. The summed E-state index contributed by atoms with van der Waals surface area (Å²) in [5, 5.41) is 5.72. The van der Waals surface area contributed by atoms with Crippen LogP contribution in [-0.4, -0.2) is 32.1 Å². The zero-order valence-electron chi connectivity index (χ0n) is 13.7. The van der Waals surface area contributed by atoms with Crippen LogP contribution in [0.5, 0.6) is 0 Å². The van der Waals surface area contributed by atoms with Crippen LogP contribution in [0.25, 0.3) is 0 Å². The standard InChI is InChI=1S/C18H21N3O3/c1-20-16(18(23)24-2)11-12-7-9-13(10-8-12)21-17(22)14-5-3-4-6-15(14)19/h3-10,16,20H,11,19H2,1-2H3,(H,21,22). The van der Waals surface area contributed by atoms with Crippen LogP contribution in [0.3, 0.4) is 0 Å². The molecule has 0 heterocycles. The summed E-state index contributed by atoms with van der Waals surface area (Å²) in [7, 11) is 3.07. The number of amides is 1. The normalized spacial score (nSPS) is 11.6. The van der Waals surface area contributed by atoms with Gasteiger partial charge < -0.3 is 21.1 Å². The number of nitrogen functional groups attached to an aromatic ring is 1. The zero-order valence-corrected chi connectivity index (χ0v) is 13.7. The van der Waals surface area contributed by atoms with Crippen molar-refractivity contribution in [1.29, 1.82) is 0 Å². The lowest BCUT2D eigenvalue weighted by Crippen LogP contribution is -2.36. The number of benzene rings is 2. The molecule has 2 aromatic rings. The van der Waals surface area contributed by atoms with E-state index in [0.29, 0.717) is 23.4 Å². The average Bonchev–Trinajstić information content (AvgIpc) is 2.60. The van der Waals surface area contributed by atoms with Gasteiger partial charge >= 0.3 is 5.97 Å². The topological polar surface area (TPSA) is 93.5 Å². The van der Waals surface area contributed by atoms with Crippen LogP contribution in [0.1, 0.15) is 15.9 Å². The van der Waals surface area contributed by atoms with Crippen molar-refractivity contribution in [1.82, 2.24) is 5.32 Å². The van der Waals surface area contributed by atoms with Gasteiger partial charge in [0.15, 0.2) is 0 Å². The lowest BCUT2D eigenvalue weighted by atomic mass is 10.1. The molecule has 1 atom stereocenters. The van der Waals surface area contributed by atoms with Crippen molar-refractivity contribution in [3.63, 3.8) is 0 Å². The fraction of sp³-hybridized carbons (Fsp3) is 0.222. The van der Waals surface area contributed by atoms with Crippen molar-refractivity contribution in [2.45, 2.75) is 12.5 Å². The fourth-order valence-corrected chi connectivity index (χ4v) is 2.31. The minimum absolute atomic E-state index is 0.261.